The number of rotatable bonds is 8. The molecule has 0 aromatic carbocycles. The molecule has 17 heavy (non-hydrogen) atoms. The summed E-state index contributed by atoms with van der Waals surface area (Å²) in [6.07, 6.45) is -0.657. The van der Waals surface area contributed by atoms with Crippen LogP contribution in [0.2, 0.25) is 0 Å². The molecule has 0 unspecified atom stereocenters. The van der Waals surface area contributed by atoms with Gasteiger partial charge in [-0.25, -0.2) is 4.79 Å². The highest BCUT2D eigenvalue weighted by Gasteiger charge is 2.12. The third kappa shape index (κ3) is 15.0. The summed E-state index contributed by atoms with van der Waals surface area (Å²) in [4.78, 5) is 20.3. The second-order valence-corrected chi connectivity index (χ2v) is 2.88. The predicted octanol–water partition coefficient (Wildman–Crippen LogP) is 1.08. The Morgan fingerprint density at radius 1 is 1.06 bits per heavy atom. The van der Waals surface area contributed by atoms with E-state index in [1.807, 2.05) is 13.8 Å². The SMILES string of the molecule is CCOC(OCC)C(C)=O.CCOCC(=O)O. The Kier molecular flexibility index (Phi) is 14.2. The van der Waals surface area contributed by atoms with E-state index in [0.717, 1.165) is 0 Å². The molecule has 0 heterocycles. The van der Waals surface area contributed by atoms with Gasteiger partial charge in [0.2, 0.25) is 6.29 Å². The minimum Gasteiger partial charge on any atom is -0.480 e. The van der Waals surface area contributed by atoms with E-state index in [0.29, 0.717) is 19.8 Å². The van der Waals surface area contributed by atoms with Gasteiger partial charge in [-0.05, 0) is 27.7 Å². The monoisotopic (exact) mass is 250 g/mol. The van der Waals surface area contributed by atoms with Crippen LogP contribution in [0.15, 0.2) is 0 Å². The van der Waals surface area contributed by atoms with E-state index < -0.39 is 12.3 Å². The molecule has 1 N–H and O–H groups in total. The molecule has 0 aromatic heterocycles. The first-order chi connectivity index (χ1) is 7.99. The smallest absolute Gasteiger partial charge is 0.329 e. The number of carbonyl (C=O) groups is 2. The number of carbonyl (C=O) groups excluding carboxylic acids is 1. The molecule has 0 bridgehead atoms. The zero-order chi connectivity index (χ0) is 13.7. The largest absolute Gasteiger partial charge is 0.480 e. The standard InChI is InChI=1S/C7H14O3.C4H8O3/c1-4-9-7(6(3)8)10-5-2;1-2-7-3-4(5)6/h7H,4-5H2,1-3H3;2-3H2,1H3,(H,5,6). The van der Waals surface area contributed by atoms with Crippen molar-refractivity contribution in [2.45, 2.75) is 34.0 Å². The van der Waals surface area contributed by atoms with Gasteiger partial charge in [0.15, 0.2) is 5.78 Å². The summed E-state index contributed by atoms with van der Waals surface area (Å²) in [5.74, 6) is -0.995. The van der Waals surface area contributed by atoms with E-state index in [4.69, 9.17) is 14.6 Å². The molecule has 0 fully saturated rings. The van der Waals surface area contributed by atoms with Crippen molar-refractivity contribution in [1.82, 2.24) is 0 Å². The lowest BCUT2D eigenvalue weighted by molar-refractivity contribution is -0.165. The van der Waals surface area contributed by atoms with Crippen molar-refractivity contribution in [2.24, 2.45) is 0 Å². The van der Waals surface area contributed by atoms with E-state index in [9.17, 15) is 9.59 Å². The molecule has 0 rings (SSSR count). The highest BCUT2D eigenvalue weighted by Crippen LogP contribution is 1.95. The Labute approximate surface area is 102 Å². The van der Waals surface area contributed by atoms with Crippen LogP contribution in [-0.4, -0.2) is 49.6 Å². The summed E-state index contributed by atoms with van der Waals surface area (Å²) in [7, 11) is 0. The number of carboxylic acids is 1. The van der Waals surface area contributed by atoms with Crippen molar-refractivity contribution < 1.29 is 28.9 Å². The molecular formula is C11H22O6. The third-order valence-electron chi connectivity index (χ3n) is 1.40. The molecule has 0 amide bonds. The number of ketones is 1. The molecule has 0 saturated carbocycles. The van der Waals surface area contributed by atoms with Crippen LogP contribution in [0.4, 0.5) is 0 Å². The molecule has 0 atom stereocenters. The molecule has 0 saturated heterocycles. The lowest BCUT2D eigenvalue weighted by Crippen LogP contribution is -2.25. The number of hydrogen-bond donors (Lipinski definition) is 1. The van der Waals surface area contributed by atoms with Crippen molar-refractivity contribution >= 4 is 11.8 Å². The van der Waals surface area contributed by atoms with E-state index >= 15 is 0 Å². The first kappa shape index (κ1) is 18.4. The van der Waals surface area contributed by atoms with Gasteiger partial charge >= 0.3 is 5.97 Å². The van der Waals surface area contributed by atoms with Gasteiger partial charge in [0, 0.05) is 19.8 Å². The molecule has 0 radical (unpaired) electrons. The second kappa shape index (κ2) is 13.1. The van der Waals surface area contributed by atoms with E-state index in [1.165, 1.54) is 6.92 Å². The fourth-order valence-corrected chi connectivity index (χ4v) is 0.775. The Bertz CT molecular complexity index is 198. The van der Waals surface area contributed by atoms with Crippen molar-refractivity contribution in [1.29, 1.82) is 0 Å². The third-order valence-corrected chi connectivity index (χ3v) is 1.40. The molecule has 6 nitrogen and oxygen atoms in total. The zero-order valence-electron chi connectivity index (χ0n) is 10.9. The van der Waals surface area contributed by atoms with Gasteiger partial charge in [-0.2, -0.15) is 0 Å². The average Bonchev–Trinajstić information content (AvgIpc) is 2.26. The van der Waals surface area contributed by atoms with Gasteiger partial charge in [0.25, 0.3) is 0 Å². The number of hydrogen-bond acceptors (Lipinski definition) is 5. The number of ether oxygens (including phenoxy) is 3. The van der Waals surface area contributed by atoms with Crippen LogP contribution < -0.4 is 0 Å². The van der Waals surface area contributed by atoms with Crippen LogP contribution in [0.5, 0.6) is 0 Å². The van der Waals surface area contributed by atoms with Crippen LogP contribution >= 0.6 is 0 Å². The molecule has 0 aromatic rings. The lowest BCUT2D eigenvalue weighted by Gasteiger charge is -2.12. The maximum atomic E-state index is 10.7. The summed E-state index contributed by atoms with van der Waals surface area (Å²) < 4.78 is 14.4. The molecule has 102 valence electrons. The fourth-order valence-electron chi connectivity index (χ4n) is 0.775. The molecule has 0 aliphatic heterocycles. The summed E-state index contributed by atoms with van der Waals surface area (Å²) in [6.45, 7) is 8.15. The van der Waals surface area contributed by atoms with Gasteiger partial charge < -0.3 is 19.3 Å². The molecule has 0 aliphatic rings. The average molecular weight is 250 g/mol. The predicted molar refractivity (Wildman–Crippen MR) is 61.8 cm³/mol. The Hall–Kier alpha value is -0.980. The fraction of sp³-hybridized carbons (Fsp3) is 0.818. The summed E-state index contributed by atoms with van der Waals surface area (Å²) >= 11 is 0. The maximum Gasteiger partial charge on any atom is 0.329 e. The normalized spacial score (nSPS) is 9.71. The first-order valence-corrected chi connectivity index (χ1v) is 5.52. The van der Waals surface area contributed by atoms with Crippen molar-refractivity contribution in [3.05, 3.63) is 0 Å². The number of aliphatic carboxylic acids is 1. The van der Waals surface area contributed by atoms with Crippen molar-refractivity contribution in [3.63, 3.8) is 0 Å². The molecular weight excluding hydrogens is 228 g/mol. The minimum atomic E-state index is -0.915. The van der Waals surface area contributed by atoms with E-state index in [-0.39, 0.29) is 12.4 Å². The second-order valence-electron chi connectivity index (χ2n) is 2.88. The lowest BCUT2D eigenvalue weighted by atomic mass is 10.4. The minimum absolute atomic E-state index is 0.0799. The van der Waals surface area contributed by atoms with Gasteiger partial charge in [0.05, 0.1) is 0 Å². The first-order valence-electron chi connectivity index (χ1n) is 5.52. The van der Waals surface area contributed by atoms with Crippen LogP contribution in [0, 0.1) is 0 Å². The summed E-state index contributed by atoms with van der Waals surface area (Å²) in [5, 5.41) is 7.92. The highest BCUT2D eigenvalue weighted by atomic mass is 16.7. The van der Waals surface area contributed by atoms with Crippen LogP contribution in [0.3, 0.4) is 0 Å². The number of Topliss-reactive ketones (excluding diaryl/α,β-unsaturated/α-hetero) is 1. The van der Waals surface area contributed by atoms with E-state index in [2.05, 4.69) is 4.74 Å². The van der Waals surface area contributed by atoms with Gasteiger partial charge in [-0.15, -0.1) is 0 Å². The molecule has 0 spiro atoms. The quantitative estimate of drug-likeness (QED) is 0.649. The Balaban J connectivity index is 0. The Morgan fingerprint density at radius 3 is 1.71 bits per heavy atom. The molecule has 0 aliphatic carbocycles. The van der Waals surface area contributed by atoms with Gasteiger partial charge in [-0.1, -0.05) is 0 Å². The maximum absolute atomic E-state index is 10.7. The van der Waals surface area contributed by atoms with Gasteiger partial charge in [-0.3, -0.25) is 4.79 Å². The highest BCUT2D eigenvalue weighted by molar-refractivity contribution is 5.79. The topological polar surface area (TPSA) is 82.1 Å². The summed E-state index contributed by atoms with van der Waals surface area (Å²) in [5.41, 5.74) is 0. The van der Waals surface area contributed by atoms with Crippen molar-refractivity contribution in [2.75, 3.05) is 26.4 Å². The number of carboxylic acid groups (broad SMARTS) is 1. The van der Waals surface area contributed by atoms with Crippen LogP contribution in [-0.2, 0) is 23.8 Å². The van der Waals surface area contributed by atoms with Crippen LogP contribution in [0.1, 0.15) is 27.7 Å². The van der Waals surface area contributed by atoms with E-state index in [1.54, 1.807) is 6.92 Å². The van der Waals surface area contributed by atoms with Gasteiger partial charge in [0.1, 0.15) is 6.61 Å². The Morgan fingerprint density at radius 2 is 1.53 bits per heavy atom. The zero-order valence-corrected chi connectivity index (χ0v) is 10.9. The molecule has 6 heteroatoms. The van der Waals surface area contributed by atoms with Crippen LogP contribution in [0.25, 0.3) is 0 Å². The summed E-state index contributed by atoms with van der Waals surface area (Å²) in [6, 6.07) is 0. The van der Waals surface area contributed by atoms with Crippen molar-refractivity contribution in [3.8, 4) is 0 Å².